The molecule has 2 unspecified atom stereocenters. The summed E-state index contributed by atoms with van der Waals surface area (Å²) in [4.78, 5) is 8.97. The topological polar surface area (TPSA) is 85.1 Å². The number of rotatable bonds is 4. The van der Waals surface area contributed by atoms with Crippen molar-refractivity contribution in [2.45, 2.75) is 25.5 Å². The Hall–Kier alpha value is -2.18. The van der Waals surface area contributed by atoms with Gasteiger partial charge >= 0.3 is 0 Å². The fraction of sp³-hybridized carbons (Fsp3) is 0.333. The molecule has 0 aliphatic carbocycles. The van der Waals surface area contributed by atoms with Crippen molar-refractivity contribution in [3.8, 4) is 11.4 Å². The van der Waals surface area contributed by atoms with Crippen LogP contribution >= 0.6 is 0 Å². The number of nitrogens with zero attached hydrogens (tertiary/aromatic N) is 2. The molecule has 0 saturated carbocycles. The zero-order valence-corrected chi connectivity index (χ0v) is 11.9. The van der Waals surface area contributed by atoms with Crippen LogP contribution in [-0.4, -0.2) is 28.7 Å². The normalized spacial score (nSPS) is 21.2. The summed E-state index contributed by atoms with van der Waals surface area (Å²) in [5.74, 6) is 7.48. The van der Waals surface area contributed by atoms with Crippen molar-refractivity contribution < 1.29 is 4.74 Å². The van der Waals surface area contributed by atoms with Crippen molar-refractivity contribution in [3.63, 3.8) is 0 Å². The van der Waals surface area contributed by atoms with E-state index >= 15 is 0 Å². The number of nitrogen functional groups attached to an aromatic ring is 1. The van der Waals surface area contributed by atoms with E-state index in [9.17, 15) is 0 Å². The van der Waals surface area contributed by atoms with Crippen LogP contribution in [0.3, 0.4) is 0 Å². The van der Waals surface area contributed by atoms with Gasteiger partial charge in [0.2, 0.25) is 0 Å². The molecule has 1 aromatic carbocycles. The molecule has 6 nitrogen and oxygen atoms in total. The Morgan fingerprint density at radius 1 is 1.19 bits per heavy atom. The molecule has 1 fully saturated rings. The van der Waals surface area contributed by atoms with Gasteiger partial charge in [-0.15, -0.1) is 0 Å². The maximum absolute atomic E-state index is 5.56. The van der Waals surface area contributed by atoms with Crippen molar-refractivity contribution >= 4 is 11.6 Å². The molecule has 6 heteroatoms. The number of hydrazine groups is 1. The molecule has 2 aromatic rings. The highest BCUT2D eigenvalue weighted by atomic mass is 16.5. The Morgan fingerprint density at radius 2 is 1.95 bits per heavy atom. The first-order valence-electron chi connectivity index (χ1n) is 7.05. The molecule has 1 saturated heterocycles. The molecule has 1 aliphatic heterocycles. The smallest absolute Gasteiger partial charge is 0.163 e. The Balaban J connectivity index is 1.90. The highest BCUT2D eigenvalue weighted by molar-refractivity contribution is 5.61. The Bertz CT molecular complexity index is 604. The number of nitrogens with one attached hydrogen (secondary N) is 2. The summed E-state index contributed by atoms with van der Waals surface area (Å²) >= 11 is 0. The van der Waals surface area contributed by atoms with Gasteiger partial charge in [-0.25, -0.2) is 15.8 Å². The number of nitrogens with two attached hydrogens (primary N) is 1. The maximum Gasteiger partial charge on any atom is 0.163 e. The zero-order valence-electron chi connectivity index (χ0n) is 11.9. The van der Waals surface area contributed by atoms with E-state index in [-0.39, 0.29) is 12.1 Å². The third kappa shape index (κ3) is 3.12. The fourth-order valence-electron chi connectivity index (χ4n) is 2.42. The maximum atomic E-state index is 5.56. The number of benzene rings is 1. The molecule has 2 heterocycles. The highest BCUT2D eigenvalue weighted by Crippen LogP contribution is 2.22. The predicted molar refractivity (Wildman–Crippen MR) is 82.7 cm³/mol. The molecule has 0 spiro atoms. The Kier molecular flexibility index (Phi) is 3.98. The van der Waals surface area contributed by atoms with Crippen LogP contribution < -0.4 is 16.6 Å². The largest absolute Gasteiger partial charge is 0.376 e. The second kappa shape index (κ2) is 6.07. The van der Waals surface area contributed by atoms with Gasteiger partial charge in [0.25, 0.3) is 0 Å². The van der Waals surface area contributed by atoms with Crippen molar-refractivity contribution in [2.75, 3.05) is 17.3 Å². The van der Waals surface area contributed by atoms with Crippen LogP contribution in [0, 0.1) is 0 Å². The van der Waals surface area contributed by atoms with Gasteiger partial charge in [-0.1, -0.05) is 30.3 Å². The minimum Gasteiger partial charge on any atom is -0.376 e. The highest BCUT2D eigenvalue weighted by Gasteiger charge is 2.24. The fourth-order valence-corrected chi connectivity index (χ4v) is 2.42. The molecule has 0 bridgehead atoms. The van der Waals surface area contributed by atoms with Crippen LogP contribution in [0.1, 0.15) is 13.3 Å². The summed E-state index contributed by atoms with van der Waals surface area (Å²) in [5.41, 5.74) is 3.54. The van der Waals surface area contributed by atoms with E-state index in [1.165, 1.54) is 0 Å². The summed E-state index contributed by atoms with van der Waals surface area (Å²) in [6.45, 7) is 2.84. The molecule has 1 aliphatic rings. The first-order chi connectivity index (χ1) is 10.3. The second-order valence-corrected chi connectivity index (χ2v) is 5.09. The zero-order chi connectivity index (χ0) is 14.7. The number of hydrogen-bond acceptors (Lipinski definition) is 6. The van der Waals surface area contributed by atoms with Gasteiger partial charge in [0.1, 0.15) is 11.6 Å². The first kappa shape index (κ1) is 13.8. The molecule has 0 radical (unpaired) electrons. The SMILES string of the molecule is CC1OCCC1Nc1cc(NN)nc(-c2ccccc2)n1. The van der Waals surface area contributed by atoms with E-state index in [4.69, 9.17) is 10.6 Å². The number of aromatic nitrogens is 2. The molecular weight excluding hydrogens is 266 g/mol. The molecule has 2 atom stereocenters. The van der Waals surface area contributed by atoms with Crippen LogP contribution in [0.25, 0.3) is 11.4 Å². The molecule has 4 N–H and O–H groups in total. The van der Waals surface area contributed by atoms with Gasteiger partial charge in [-0.2, -0.15) is 0 Å². The lowest BCUT2D eigenvalue weighted by Crippen LogP contribution is -2.27. The monoisotopic (exact) mass is 285 g/mol. The van der Waals surface area contributed by atoms with Gasteiger partial charge < -0.3 is 15.5 Å². The summed E-state index contributed by atoms with van der Waals surface area (Å²) in [6.07, 6.45) is 1.14. The van der Waals surface area contributed by atoms with Crippen molar-refractivity contribution in [1.29, 1.82) is 0 Å². The van der Waals surface area contributed by atoms with E-state index in [0.29, 0.717) is 11.6 Å². The van der Waals surface area contributed by atoms with E-state index in [1.54, 1.807) is 6.07 Å². The molecule has 1 aromatic heterocycles. The molecule has 3 rings (SSSR count). The lowest BCUT2D eigenvalue weighted by molar-refractivity contribution is 0.121. The number of anilines is 2. The van der Waals surface area contributed by atoms with Crippen molar-refractivity contribution in [2.24, 2.45) is 5.84 Å². The molecule has 0 amide bonds. The van der Waals surface area contributed by atoms with Crippen LogP contribution in [0.15, 0.2) is 36.4 Å². The average Bonchev–Trinajstić information content (AvgIpc) is 2.93. The van der Waals surface area contributed by atoms with Crippen LogP contribution in [0.5, 0.6) is 0 Å². The predicted octanol–water partition coefficient (Wildman–Crippen LogP) is 2.02. The number of ether oxygens (including phenoxy) is 1. The van der Waals surface area contributed by atoms with E-state index in [0.717, 1.165) is 24.4 Å². The standard InChI is InChI=1S/C15H19N5O/c1-10-12(7-8-21-10)17-13-9-14(20-16)19-15(18-13)11-5-3-2-4-6-11/h2-6,9-10,12H,7-8,16H2,1H3,(H2,17,18,19,20). The van der Waals surface area contributed by atoms with E-state index in [1.807, 2.05) is 30.3 Å². The third-order valence-electron chi connectivity index (χ3n) is 3.62. The second-order valence-electron chi connectivity index (χ2n) is 5.09. The van der Waals surface area contributed by atoms with Crippen LogP contribution in [-0.2, 0) is 4.74 Å². The van der Waals surface area contributed by atoms with Crippen LogP contribution in [0.4, 0.5) is 11.6 Å². The third-order valence-corrected chi connectivity index (χ3v) is 3.62. The first-order valence-corrected chi connectivity index (χ1v) is 7.05. The van der Waals surface area contributed by atoms with Gasteiger partial charge in [-0.3, -0.25) is 0 Å². The van der Waals surface area contributed by atoms with Crippen LogP contribution in [0.2, 0.25) is 0 Å². The quantitative estimate of drug-likeness (QED) is 0.588. The number of hydrogen-bond donors (Lipinski definition) is 3. The Morgan fingerprint density at radius 3 is 2.62 bits per heavy atom. The summed E-state index contributed by atoms with van der Waals surface area (Å²) in [5, 5.41) is 3.40. The van der Waals surface area contributed by atoms with Gasteiger partial charge in [-0.05, 0) is 13.3 Å². The van der Waals surface area contributed by atoms with Gasteiger partial charge in [0.05, 0.1) is 12.1 Å². The average molecular weight is 285 g/mol. The van der Waals surface area contributed by atoms with Gasteiger partial charge in [0.15, 0.2) is 5.82 Å². The molecule has 110 valence electrons. The summed E-state index contributed by atoms with van der Waals surface area (Å²) in [7, 11) is 0. The summed E-state index contributed by atoms with van der Waals surface area (Å²) < 4.78 is 5.56. The molecule has 21 heavy (non-hydrogen) atoms. The molecular formula is C15H19N5O. The minimum absolute atomic E-state index is 0.175. The van der Waals surface area contributed by atoms with E-state index < -0.39 is 0 Å². The van der Waals surface area contributed by atoms with E-state index in [2.05, 4.69) is 27.6 Å². The van der Waals surface area contributed by atoms with Gasteiger partial charge in [0, 0.05) is 18.2 Å². The van der Waals surface area contributed by atoms with Crippen molar-refractivity contribution in [3.05, 3.63) is 36.4 Å². The lowest BCUT2D eigenvalue weighted by Gasteiger charge is -2.17. The summed E-state index contributed by atoms with van der Waals surface area (Å²) in [6, 6.07) is 11.9. The minimum atomic E-state index is 0.175. The Labute approximate surface area is 123 Å². The lowest BCUT2D eigenvalue weighted by atomic mass is 10.1. The van der Waals surface area contributed by atoms with Crippen molar-refractivity contribution in [1.82, 2.24) is 9.97 Å².